The van der Waals surface area contributed by atoms with Gasteiger partial charge >= 0.3 is 0 Å². The third kappa shape index (κ3) is 5.01. The van der Waals surface area contributed by atoms with E-state index in [1.165, 1.54) is 40.7 Å². The van der Waals surface area contributed by atoms with Gasteiger partial charge in [-0.15, -0.1) is 0 Å². The summed E-state index contributed by atoms with van der Waals surface area (Å²) in [6.07, 6.45) is 0.865. The second-order valence-electron chi connectivity index (χ2n) is 6.43. The van der Waals surface area contributed by atoms with Crippen LogP contribution in [-0.2, 0) is 10.0 Å². The van der Waals surface area contributed by atoms with E-state index in [1.54, 1.807) is 0 Å². The quantitative estimate of drug-likeness (QED) is 0.663. The van der Waals surface area contributed by atoms with E-state index < -0.39 is 16.2 Å². The largest absolute Gasteiger partial charge is 0.456 e. The van der Waals surface area contributed by atoms with Crippen LogP contribution in [0.4, 0.5) is 0 Å². The Hall–Kier alpha value is -1.86. The molecule has 0 saturated carbocycles. The van der Waals surface area contributed by atoms with Gasteiger partial charge in [-0.1, -0.05) is 23.2 Å². The SMILES string of the molecule is N#Cc1ccc(Oc2cc(Cl)cc(Cl)c2)c(S(=O)(=O)N2CCCC2NCCO)c1. The first-order valence-electron chi connectivity index (χ1n) is 8.89. The monoisotopic (exact) mass is 455 g/mol. The first-order chi connectivity index (χ1) is 13.8. The summed E-state index contributed by atoms with van der Waals surface area (Å²) in [5.74, 6) is 0.343. The lowest BCUT2D eigenvalue weighted by molar-refractivity contribution is 0.260. The molecule has 1 aliphatic heterocycles. The molecule has 29 heavy (non-hydrogen) atoms. The number of rotatable bonds is 7. The van der Waals surface area contributed by atoms with Crippen LogP contribution in [0.1, 0.15) is 18.4 Å². The van der Waals surface area contributed by atoms with Gasteiger partial charge < -0.3 is 9.84 Å². The molecule has 7 nitrogen and oxygen atoms in total. The molecule has 1 unspecified atom stereocenters. The second-order valence-corrected chi connectivity index (χ2v) is 9.16. The average molecular weight is 456 g/mol. The highest BCUT2D eigenvalue weighted by molar-refractivity contribution is 7.89. The van der Waals surface area contributed by atoms with E-state index in [1.807, 2.05) is 6.07 Å². The number of aliphatic hydroxyl groups excluding tert-OH is 1. The van der Waals surface area contributed by atoms with Gasteiger partial charge in [-0.2, -0.15) is 9.57 Å². The van der Waals surface area contributed by atoms with Crippen LogP contribution in [0, 0.1) is 11.3 Å². The van der Waals surface area contributed by atoms with Crippen molar-refractivity contribution >= 4 is 33.2 Å². The normalized spacial score (nSPS) is 17.2. The molecule has 1 saturated heterocycles. The number of nitrogens with zero attached hydrogens (tertiary/aromatic N) is 2. The summed E-state index contributed by atoms with van der Waals surface area (Å²) in [4.78, 5) is -0.120. The van der Waals surface area contributed by atoms with Gasteiger partial charge in [-0.25, -0.2) is 8.42 Å². The summed E-state index contributed by atoms with van der Waals surface area (Å²) in [7, 11) is -3.97. The number of hydrogen-bond acceptors (Lipinski definition) is 6. The molecule has 10 heteroatoms. The summed E-state index contributed by atoms with van der Waals surface area (Å²) < 4.78 is 33.9. The van der Waals surface area contributed by atoms with Crippen molar-refractivity contribution in [1.82, 2.24) is 9.62 Å². The van der Waals surface area contributed by atoms with Crippen molar-refractivity contribution in [2.75, 3.05) is 19.7 Å². The maximum atomic E-state index is 13.4. The number of aliphatic hydroxyl groups is 1. The molecule has 0 amide bonds. The van der Waals surface area contributed by atoms with Gasteiger partial charge in [-0.05, 0) is 49.2 Å². The fourth-order valence-electron chi connectivity index (χ4n) is 3.17. The maximum absolute atomic E-state index is 13.4. The zero-order valence-electron chi connectivity index (χ0n) is 15.3. The average Bonchev–Trinajstić information content (AvgIpc) is 3.15. The first kappa shape index (κ1) is 21.8. The smallest absolute Gasteiger partial charge is 0.248 e. The van der Waals surface area contributed by atoms with Crippen LogP contribution in [0.25, 0.3) is 0 Å². The number of nitrogens with one attached hydrogen (secondary N) is 1. The molecule has 1 atom stereocenters. The Kier molecular flexibility index (Phi) is 7.01. The third-order valence-corrected chi connectivity index (χ3v) is 6.78. The Morgan fingerprint density at radius 3 is 2.62 bits per heavy atom. The number of nitriles is 1. The number of sulfonamides is 1. The molecule has 0 radical (unpaired) electrons. The Morgan fingerprint density at radius 2 is 1.97 bits per heavy atom. The number of benzene rings is 2. The fourth-order valence-corrected chi connectivity index (χ4v) is 5.45. The highest BCUT2D eigenvalue weighted by Crippen LogP contribution is 2.35. The highest BCUT2D eigenvalue weighted by Gasteiger charge is 2.37. The van der Waals surface area contributed by atoms with E-state index in [4.69, 9.17) is 33.0 Å². The van der Waals surface area contributed by atoms with Crippen LogP contribution >= 0.6 is 23.2 Å². The van der Waals surface area contributed by atoms with Crippen LogP contribution < -0.4 is 10.1 Å². The van der Waals surface area contributed by atoms with Crippen molar-refractivity contribution in [3.05, 3.63) is 52.0 Å². The van der Waals surface area contributed by atoms with E-state index in [9.17, 15) is 13.7 Å². The first-order valence-corrected chi connectivity index (χ1v) is 11.1. The molecule has 2 N–H and O–H groups in total. The lowest BCUT2D eigenvalue weighted by Gasteiger charge is -2.25. The van der Waals surface area contributed by atoms with E-state index in [2.05, 4.69) is 5.32 Å². The third-order valence-electron chi connectivity index (χ3n) is 4.42. The molecule has 0 bridgehead atoms. The molecule has 2 aromatic carbocycles. The second kappa shape index (κ2) is 9.30. The minimum Gasteiger partial charge on any atom is -0.456 e. The zero-order chi connectivity index (χ0) is 21.0. The van der Waals surface area contributed by atoms with Crippen molar-refractivity contribution < 1.29 is 18.3 Å². The lowest BCUT2D eigenvalue weighted by Crippen LogP contribution is -2.45. The van der Waals surface area contributed by atoms with Gasteiger partial charge in [0.15, 0.2) is 0 Å². The summed E-state index contributed by atoms with van der Waals surface area (Å²) in [5, 5.41) is 22.0. The van der Waals surface area contributed by atoms with Gasteiger partial charge in [0.2, 0.25) is 10.0 Å². The predicted molar refractivity (Wildman–Crippen MR) is 110 cm³/mol. The van der Waals surface area contributed by atoms with Gasteiger partial charge in [-0.3, -0.25) is 5.32 Å². The molecule has 0 spiro atoms. The highest BCUT2D eigenvalue weighted by atomic mass is 35.5. The van der Waals surface area contributed by atoms with Crippen molar-refractivity contribution in [2.24, 2.45) is 0 Å². The van der Waals surface area contributed by atoms with Crippen molar-refractivity contribution in [3.63, 3.8) is 0 Å². The summed E-state index contributed by atoms with van der Waals surface area (Å²) in [6, 6.07) is 10.7. The lowest BCUT2D eigenvalue weighted by atomic mass is 10.2. The van der Waals surface area contributed by atoms with Crippen molar-refractivity contribution in [1.29, 1.82) is 5.26 Å². The van der Waals surface area contributed by atoms with Crippen LogP contribution in [0.3, 0.4) is 0 Å². The van der Waals surface area contributed by atoms with Crippen LogP contribution in [0.5, 0.6) is 11.5 Å². The number of halogens is 2. The number of hydrogen-bond donors (Lipinski definition) is 2. The van der Waals surface area contributed by atoms with Crippen LogP contribution in [-0.4, -0.2) is 43.7 Å². The molecule has 154 valence electrons. The topological polar surface area (TPSA) is 103 Å². The maximum Gasteiger partial charge on any atom is 0.248 e. The predicted octanol–water partition coefficient (Wildman–Crippen LogP) is 3.35. The van der Waals surface area contributed by atoms with Crippen LogP contribution in [0.2, 0.25) is 10.0 Å². The summed E-state index contributed by atoms with van der Waals surface area (Å²) in [6.45, 7) is 0.502. The van der Waals surface area contributed by atoms with Crippen molar-refractivity contribution in [2.45, 2.75) is 23.9 Å². The summed E-state index contributed by atoms with van der Waals surface area (Å²) >= 11 is 12.0. The standard InChI is InChI=1S/C19H19Cl2N3O4S/c20-14-9-15(21)11-16(10-14)28-17-4-3-13(12-22)8-18(17)29(26,27)24-6-1-2-19(24)23-5-7-25/h3-4,8-11,19,23,25H,1-2,5-7H2. The Morgan fingerprint density at radius 1 is 1.24 bits per heavy atom. The van der Waals surface area contributed by atoms with Gasteiger partial charge in [0.05, 0.1) is 24.4 Å². The van der Waals surface area contributed by atoms with Crippen molar-refractivity contribution in [3.8, 4) is 17.6 Å². The van der Waals surface area contributed by atoms with E-state index in [0.717, 1.165) is 0 Å². The molecule has 3 rings (SSSR count). The molecule has 2 aromatic rings. The Labute approximate surface area is 179 Å². The molecule has 1 fully saturated rings. The molecule has 1 heterocycles. The van der Waals surface area contributed by atoms with E-state index in [0.29, 0.717) is 29.4 Å². The molecular formula is C19H19Cl2N3O4S. The fraction of sp³-hybridized carbons (Fsp3) is 0.316. The van der Waals surface area contributed by atoms with Gasteiger partial charge in [0, 0.05) is 23.1 Å². The van der Waals surface area contributed by atoms with E-state index >= 15 is 0 Å². The molecule has 1 aliphatic rings. The minimum absolute atomic E-state index is 0.0649. The molecular weight excluding hydrogens is 437 g/mol. The zero-order valence-corrected chi connectivity index (χ0v) is 17.6. The Bertz CT molecular complexity index is 1020. The molecule has 0 aromatic heterocycles. The minimum atomic E-state index is -3.97. The number of ether oxygens (including phenoxy) is 1. The van der Waals surface area contributed by atoms with Gasteiger partial charge in [0.25, 0.3) is 0 Å². The van der Waals surface area contributed by atoms with Crippen LogP contribution in [0.15, 0.2) is 41.3 Å². The van der Waals surface area contributed by atoms with Gasteiger partial charge in [0.1, 0.15) is 16.4 Å². The summed E-state index contributed by atoms with van der Waals surface area (Å²) in [5.41, 5.74) is 0.194. The Balaban J connectivity index is 2.01. The van der Waals surface area contributed by atoms with E-state index in [-0.39, 0.29) is 35.1 Å². The molecule has 0 aliphatic carbocycles.